The molecule has 0 amide bonds. The van der Waals surface area contributed by atoms with Crippen LogP contribution in [-0.4, -0.2) is 40.3 Å². The maximum absolute atomic E-state index is 5.96. The molecule has 2 N–H and O–H groups in total. The molecule has 2 rings (SSSR count). The third kappa shape index (κ3) is 1.81. The van der Waals surface area contributed by atoms with E-state index in [1.807, 2.05) is 14.0 Å². The van der Waals surface area contributed by atoms with E-state index in [2.05, 4.69) is 28.8 Å². The summed E-state index contributed by atoms with van der Waals surface area (Å²) < 4.78 is 7.22. The maximum Gasteiger partial charge on any atom is 0.216 e. The molecule has 0 spiro atoms. The Labute approximate surface area is 107 Å². The lowest BCUT2D eigenvalue weighted by Crippen LogP contribution is -2.41. The van der Waals surface area contributed by atoms with Crippen LogP contribution in [0.4, 0.5) is 0 Å². The van der Waals surface area contributed by atoms with Crippen LogP contribution in [0.2, 0.25) is 0 Å². The standard InChI is InChI=1S/C12H21N5O/c1-7(2)17-9(6-14-12(17)13)10-8(3)15-16(4)11(10)18-5/h7,9H,6H2,1-5H3,(H2,13,14). The smallest absolute Gasteiger partial charge is 0.216 e. The van der Waals surface area contributed by atoms with E-state index in [4.69, 9.17) is 10.5 Å². The first-order valence-electron chi connectivity index (χ1n) is 6.13. The SMILES string of the molecule is COc1c(C2CN=C(N)N2C(C)C)c(C)nn1C. The first kappa shape index (κ1) is 12.7. The summed E-state index contributed by atoms with van der Waals surface area (Å²) in [5, 5.41) is 4.42. The van der Waals surface area contributed by atoms with Gasteiger partial charge in [0.25, 0.3) is 0 Å². The Balaban J connectivity index is 2.44. The number of hydrogen-bond donors (Lipinski definition) is 1. The van der Waals surface area contributed by atoms with Gasteiger partial charge in [0.1, 0.15) is 0 Å². The Morgan fingerprint density at radius 1 is 1.44 bits per heavy atom. The molecular formula is C12H21N5O. The monoisotopic (exact) mass is 251 g/mol. The van der Waals surface area contributed by atoms with Crippen molar-refractivity contribution in [3.8, 4) is 5.88 Å². The molecule has 100 valence electrons. The number of rotatable bonds is 3. The van der Waals surface area contributed by atoms with Crippen LogP contribution in [0.25, 0.3) is 0 Å². The first-order valence-corrected chi connectivity index (χ1v) is 6.13. The molecule has 1 aliphatic rings. The molecule has 6 heteroatoms. The number of aliphatic imine (C=N–C) groups is 1. The molecule has 1 atom stereocenters. The van der Waals surface area contributed by atoms with Gasteiger partial charge in [0.2, 0.25) is 5.88 Å². The minimum atomic E-state index is 0.119. The average Bonchev–Trinajstić information content (AvgIpc) is 2.78. The lowest BCUT2D eigenvalue weighted by atomic mass is 10.1. The van der Waals surface area contributed by atoms with Gasteiger partial charge in [0, 0.05) is 13.1 Å². The van der Waals surface area contributed by atoms with Gasteiger partial charge < -0.3 is 15.4 Å². The second-order valence-corrected chi connectivity index (χ2v) is 4.85. The largest absolute Gasteiger partial charge is 0.481 e. The van der Waals surface area contributed by atoms with Gasteiger partial charge in [-0.1, -0.05) is 0 Å². The van der Waals surface area contributed by atoms with E-state index in [9.17, 15) is 0 Å². The predicted molar refractivity (Wildman–Crippen MR) is 70.7 cm³/mol. The van der Waals surface area contributed by atoms with Crippen molar-refractivity contribution in [2.24, 2.45) is 17.8 Å². The first-order chi connectivity index (χ1) is 8.47. The lowest BCUT2D eigenvalue weighted by Gasteiger charge is -2.30. The van der Waals surface area contributed by atoms with Crippen molar-refractivity contribution in [1.82, 2.24) is 14.7 Å². The molecule has 0 saturated carbocycles. The molecule has 1 aromatic heterocycles. The highest BCUT2D eigenvalue weighted by Gasteiger charge is 2.34. The maximum atomic E-state index is 5.96. The number of hydrogen-bond acceptors (Lipinski definition) is 5. The fourth-order valence-electron chi connectivity index (χ4n) is 2.64. The van der Waals surface area contributed by atoms with Crippen LogP contribution in [0.5, 0.6) is 5.88 Å². The number of aryl methyl sites for hydroxylation is 2. The normalized spacial score (nSPS) is 19.6. The molecule has 2 heterocycles. The Kier molecular flexibility index (Phi) is 3.19. The third-order valence-corrected chi connectivity index (χ3v) is 3.32. The Bertz CT molecular complexity index is 477. The van der Waals surface area contributed by atoms with Gasteiger partial charge in [-0.25, -0.2) is 4.68 Å². The van der Waals surface area contributed by atoms with Crippen molar-refractivity contribution in [3.63, 3.8) is 0 Å². The quantitative estimate of drug-likeness (QED) is 0.863. The molecule has 0 aromatic carbocycles. The Hall–Kier alpha value is -1.72. The number of ether oxygens (including phenoxy) is 1. The zero-order valence-corrected chi connectivity index (χ0v) is 11.6. The molecule has 18 heavy (non-hydrogen) atoms. The fraction of sp³-hybridized carbons (Fsp3) is 0.667. The van der Waals surface area contributed by atoms with E-state index in [-0.39, 0.29) is 6.04 Å². The highest BCUT2D eigenvalue weighted by molar-refractivity contribution is 5.81. The van der Waals surface area contributed by atoms with Gasteiger partial charge in [0.15, 0.2) is 5.96 Å². The summed E-state index contributed by atoms with van der Waals surface area (Å²) in [5.41, 5.74) is 8.01. The summed E-state index contributed by atoms with van der Waals surface area (Å²) >= 11 is 0. The number of nitrogens with two attached hydrogens (primary N) is 1. The summed E-state index contributed by atoms with van der Waals surface area (Å²) in [6, 6.07) is 0.416. The molecule has 0 saturated heterocycles. The van der Waals surface area contributed by atoms with E-state index in [1.54, 1.807) is 11.8 Å². The molecule has 1 aliphatic heterocycles. The van der Waals surface area contributed by atoms with E-state index in [1.165, 1.54) is 0 Å². The van der Waals surface area contributed by atoms with Crippen LogP contribution < -0.4 is 10.5 Å². The predicted octanol–water partition coefficient (Wildman–Crippen LogP) is 0.817. The Morgan fingerprint density at radius 3 is 2.67 bits per heavy atom. The number of guanidine groups is 1. The number of methoxy groups -OCH3 is 1. The number of aromatic nitrogens is 2. The van der Waals surface area contributed by atoms with Crippen LogP contribution in [0.3, 0.4) is 0 Å². The van der Waals surface area contributed by atoms with Crippen LogP contribution in [0, 0.1) is 6.92 Å². The average molecular weight is 251 g/mol. The van der Waals surface area contributed by atoms with Crippen molar-refractivity contribution in [2.75, 3.05) is 13.7 Å². The molecule has 0 aliphatic carbocycles. The summed E-state index contributed by atoms with van der Waals surface area (Å²) in [6.07, 6.45) is 0. The molecule has 0 radical (unpaired) electrons. The lowest BCUT2D eigenvalue weighted by molar-refractivity contribution is 0.279. The molecule has 1 aromatic rings. The summed E-state index contributed by atoms with van der Waals surface area (Å²) in [4.78, 5) is 6.47. The highest BCUT2D eigenvalue weighted by atomic mass is 16.5. The Morgan fingerprint density at radius 2 is 2.11 bits per heavy atom. The van der Waals surface area contributed by atoms with Gasteiger partial charge in [-0.3, -0.25) is 4.99 Å². The van der Waals surface area contributed by atoms with Gasteiger partial charge in [-0.05, 0) is 20.8 Å². The van der Waals surface area contributed by atoms with Gasteiger partial charge >= 0.3 is 0 Å². The van der Waals surface area contributed by atoms with E-state index in [0.29, 0.717) is 18.5 Å². The van der Waals surface area contributed by atoms with Gasteiger partial charge in [-0.2, -0.15) is 5.10 Å². The van der Waals surface area contributed by atoms with E-state index >= 15 is 0 Å². The summed E-state index contributed by atoms with van der Waals surface area (Å²) in [5.74, 6) is 1.38. The van der Waals surface area contributed by atoms with Crippen molar-refractivity contribution in [3.05, 3.63) is 11.3 Å². The zero-order valence-electron chi connectivity index (χ0n) is 11.6. The topological polar surface area (TPSA) is 68.7 Å². The van der Waals surface area contributed by atoms with Crippen LogP contribution in [-0.2, 0) is 7.05 Å². The van der Waals surface area contributed by atoms with Crippen LogP contribution in [0.15, 0.2) is 4.99 Å². The summed E-state index contributed by atoms with van der Waals surface area (Å²) in [6.45, 7) is 6.87. The summed E-state index contributed by atoms with van der Waals surface area (Å²) in [7, 11) is 3.55. The highest BCUT2D eigenvalue weighted by Crippen LogP contribution is 2.35. The van der Waals surface area contributed by atoms with Crippen LogP contribution >= 0.6 is 0 Å². The fourth-order valence-corrected chi connectivity index (χ4v) is 2.64. The molecule has 0 fully saturated rings. The van der Waals surface area contributed by atoms with Crippen molar-refractivity contribution < 1.29 is 4.74 Å². The van der Waals surface area contributed by atoms with Crippen molar-refractivity contribution >= 4 is 5.96 Å². The molecule has 6 nitrogen and oxygen atoms in total. The minimum Gasteiger partial charge on any atom is -0.481 e. The third-order valence-electron chi connectivity index (χ3n) is 3.32. The van der Waals surface area contributed by atoms with Gasteiger partial charge in [0.05, 0.1) is 31.0 Å². The second kappa shape index (κ2) is 4.51. The van der Waals surface area contributed by atoms with Crippen molar-refractivity contribution in [1.29, 1.82) is 0 Å². The van der Waals surface area contributed by atoms with Crippen molar-refractivity contribution in [2.45, 2.75) is 32.9 Å². The van der Waals surface area contributed by atoms with Crippen LogP contribution in [0.1, 0.15) is 31.1 Å². The van der Waals surface area contributed by atoms with E-state index in [0.717, 1.165) is 17.1 Å². The zero-order chi connectivity index (χ0) is 13.4. The second-order valence-electron chi connectivity index (χ2n) is 4.85. The number of nitrogens with zero attached hydrogens (tertiary/aromatic N) is 4. The molecule has 0 bridgehead atoms. The molecular weight excluding hydrogens is 230 g/mol. The minimum absolute atomic E-state index is 0.119. The van der Waals surface area contributed by atoms with Gasteiger partial charge in [-0.15, -0.1) is 0 Å². The molecule has 1 unspecified atom stereocenters. The van der Waals surface area contributed by atoms with E-state index < -0.39 is 0 Å².